The Balaban J connectivity index is 1.76. The predicted octanol–water partition coefficient (Wildman–Crippen LogP) is 2.24. The second-order valence-corrected chi connectivity index (χ2v) is 6.88. The summed E-state index contributed by atoms with van der Waals surface area (Å²) in [4.78, 5) is 41.1. The summed E-state index contributed by atoms with van der Waals surface area (Å²) in [6, 6.07) is 9.42. The van der Waals surface area contributed by atoms with Gasteiger partial charge in [-0.15, -0.1) is 0 Å². The molecule has 1 aliphatic carbocycles. The Hall–Kier alpha value is -2.89. The molecular formula is C20H23N3O3. The fraction of sp³-hybridized carbons (Fsp3) is 0.350. The lowest BCUT2D eigenvalue weighted by molar-refractivity contribution is 0.0783. The molecule has 136 valence electrons. The number of carbonyl (C=O) groups is 2. The molecule has 0 aliphatic heterocycles. The van der Waals surface area contributed by atoms with Crippen LogP contribution in [0.25, 0.3) is 0 Å². The number of aromatic nitrogens is 1. The van der Waals surface area contributed by atoms with Crippen LogP contribution in [-0.2, 0) is 6.54 Å². The van der Waals surface area contributed by atoms with E-state index in [1.807, 2.05) is 31.2 Å². The molecule has 0 bridgehead atoms. The van der Waals surface area contributed by atoms with E-state index in [2.05, 4.69) is 10.3 Å². The van der Waals surface area contributed by atoms with Gasteiger partial charge in [0.15, 0.2) is 0 Å². The zero-order valence-electron chi connectivity index (χ0n) is 15.0. The summed E-state index contributed by atoms with van der Waals surface area (Å²) in [6.07, 6.45) is 4.41. The molecule has 6 heteroatoms. The maximum Gasteiger partial charge on any atom is 0.260 e. The SMILES string of the molecule is Cc1cccc(CN(C)C(=O)c2cc(C(=O)NC3CCC3)c[nH]c2=O)c1. The van der Waals surface area contributed by atoms with Crippen molar-refractivity contribution < 1.29 is 9.59 Å². The van der Waals surface area contributed by atoms with Gasteiger partial charge in [0, 0.05) is 25.8 Å². The van der Waals surface area contributed by atoms with Crippen molar-refractivity contribution >= 4 is 11.8 Å². The number of aryl methyl sites for hydroxylation is 1. The predicted molar refractivity (Wildman–Crippen MR) is 99.1 cm³/mol. The van der Waals surface area contributed by atoms with Crippen molar-refractivity contribution in [2.24, 2.45) is 0 Å². The third-order valence-corrected chi connectivity index (χ3v) is 4.69. The number of pyridine rings is 1. The summed E-state index contributed by atoms with van der Waals surface area (Å²) in [5, 5.41) is 2.91. The summed E-state index contributed by atoms with van der Waals surface area (Å²) in [6.45, 7) is 2.37. The fourth-order valence-electron chi connectivity index (χ4n) is 2.96. The monoisotopic (exact) mass is 353 g/mol. The highest BCUT2D eigenvalue weighted by molar-refractivity contribution is 5.99. The molecule has 1 fully saturated rings. The summed E-state index contributed by atoms with van der Waals surface area (Å²) in [5.74, 6) is -0.674. The molecule has 26 heavy (non-hydrogen) atoms. The highest BCUT2D eigenvalue weighted by Crippen LogP contribution is 2.18. The Morgan fingerprint density at radius 3 is 2.69 bits per heavy atom. The molecule has 2 N–H and O–H groups in total. The van der Waals surface area contributed by atoms with Crippen LogP contribution in [0.1, 0.15) is 51.1 Å². The van der Waals surface area contributed by atoms with E-state index in [4.69, 9.17) is 0 Å². The first-order valence-corrected chi connectivity index (χ1v) is 8.78. The highest BCUT2D eigenvalue weighted by Gasteiger charge is 2.22. The lowest BCUT2D eigenvalue weighted by atomic mass is 9.93. The Morgan fingerprint density at radius 1 is 1.27 bits per heavy atom. The molecule has 1 saturated carbocycles. The molecule has 0 atom stereocenters. The van der Waals surface area contributed by atoms with Gasteiger partial charge in [-0.2, -0.15) is 0 Å². The van der Waals surface area contributed by atoms with Gasteiger partial charge in [-0.1, -0.05) is 29.8 Å². The van der Waals surface area contributed by atoms with Crippen LogP contribution in [0.3, 0.4) is 0 Å². The van der Waals surface area contributed by atoms with Crippen LogP contribution < -0.4 is 10.9 Å². The molecule has 0 radical (unpaired) electrons. The zero-order valence-corrected chi connectivity index (χ0v) is 15.0. The average molecular weight is 353 g/mol. The molecule has 0 spiro atoms. The number of amides is 2. The minimum Gasteiger partial charge on any atom is -0.349 e. The lowest BCUT2D eigenvalue weighted by Crippen LogP contribution is -2.40. The van der Waals surface area contributed by atoms with E-state index >= 15 is 0 Å². The Kier molecular flexibility index (Phi) is 5.21. The maximum absolute atomic E-state index is 12.7. The molecular weight excluding hydrogens is 330 g/mol. The van der Waals surface area contributed by atoms with Gasteiger partial charge < -0.3 is 15.2 Å². The van der Waals surface area contributed by atoms with Crippen molar-refractivity contribution in [3.8, 4) is 0 Å². The second-order valence-electron chi connectivity index (χ2n) is 6.88. The molecule has 1 heterocycles. The minimum atomic E-state index is -0.494. The summed E-state index contributed by atoms with van der Waals surface area (Å²) in [7, 11) is 1.64. The number of rotatable bonds is 5. The van der Waals surface area contributed by atoms with Crippen molar-refractivity contribution in [2.45, 2.75) is 38.8 Å². The number of benzene rings is 1. The molecule has 1 aromatic carbocycles. The van der Waals surface area contributed by atoms with Crippen LogP contribution in [0.2, 0.25) is 0 Å². The van der Waals surface area contributed by atoms with E-state index in [9.17, 15) is 14.4 Å². The number of H-pyrrole nitrogens is 1. The maximum atomic E-state index is 12.7. The molecule has 3 rings (SSSR count). The quantitative estimate of drug-likeness (QED) is 0.865. The van der Waals surface area contributed by atoms with Crippen LogP contribution in [-0.4, -0.2) is 34.8 Å². The van der Waals surface area contributed by atoms with Crippen LogP contribution in [0.4, 0.5) is 0 Å². The van der Waals surface area contributed by atoms with Crippen molar-refractivity contribution in [1.82, 2.24) is 15.2 Å². The van der Waals surface area contributed by atoms with Crippen molar-refractivity contribution in [3.63, 3.8) is 0 Å². The van der Waals surface area contributed by atoms with E-state index in [1.54, 1.807) is 7.05 Å². The van der Waals surface area contributed by atoms with Crippen LogP contribution in [0, 0.1) is 6.92 Å². The largest absolute Gasteiger partial charge is 0.349 e. The van der Waals surface area contributed by atoms with Crippen LogP contribution >= 0.6 is 0 Å². The lowest BCUT2D eigenvalue weighted by Gasteiger charge is -2.26. The van der Waals surface area contributed by atoms with Gasteiger partial charge in [-0.3, -0.25) is 14.4 Å². The van der Waals surface area contributed by atoms with Crippen molar-refractivity contribution in [2.75, 3.05) is 7.05 Å². The Bertz CT molecular complexity index is 884. The van der Waals surface area contributed by atoms with Crippen molar-refractivity contribution in [3.05, 3.63) is 69.1 Å². The van der Waals surface area contributed by atoms with Gasteiger partial charge in [0.1, 0.15) is 5.56 Å². The smallest absolute Gasteiger partial charge is 0.260 e. The fourth-order valence-corrected chi connectivity index (χ4v) is 2.96. The van der Waals surface area contributed by atoms with Gasteiger partial charge in [0.05, 0.1) is 5.56 Å². The highest BCUT2D eigenvalue weighted by atomic mass is 16.2. The van der Waals surface area contributed by atoms with Gasteiger partial charge in [0.2, 0.25) is 0 Å². The minimum absolute atomic E-state index is 0.0265. The average Bonchev–Trinajstić information content (AvgIpc) is 2.57. The molecule has 1 aliphatic rings. The Morgan fingerprint density at radius 2 is 2.04 bits per heavy atom. The van der Waals surface area contributed by atoms with Gasteiger partial charge in [-0.05, 0) is 37.8 Å². The number of carbonyl (C=O) groups excluding carboxylic acids is 2. The molecule has 0 saturated heterocycles. The standard InChI is InChI=1S/C20H23N3O3/c1-13-5-3-6-14(9-13)12-23(2)20(26)17-10-15(11-21-19(17)25)18(24)22-16-7-4-8-16/h3,5-6,9-11,16H,4,7-8,12H2,1-2H3,(H,21,25)(H,22,24). The molecule has 2 aromatic rings. The van der Waals surface area contributed by atoms with Crippen molar-refractivity contribution in [1.29, 1.82) is 0 Å². The van der Waals surface area contributed by atoms with Crippen LogP contribution in [0.5, 0.6) is 0 Å². The van der Waals surface area contributed by atoms with Gasteiger partial charge in [0.25, 0.3) is 17.4 Å². The molecule has 6 nitrogen and oxygen atoms in total. The van der Waals surface area contributed by atoms with Crippen LogP contribution in [0.15, 0.2) is 41.3 Å². The first-order valence-electron chi connectivity index (χ1n) is 8.78. The summed E-state index contributed by atoms with van der Waals surface area (Å²) in [5.41, 5.74) is 1.86. The number of hydrogen-bond acceptors (Lipinski definition) is 3. The number of aromatic amines is 1. The summed E-state index contributed by atoms with van der Waals surface area (Å²) >= 11 is 0. The number of hydrogen-bond donors (Lipinski definition) is 2. The second kappa shape index (κ2) is 7.56. The number of nitrogens with one attached hydrogen (secondary N) is 2. The van der Waals surface area contributed by atoms with E-state index in [0.717, 1.165) is 30.4 Å². The molecule has 2 amide bonds. The molecule has 0 unspecified atom stereocenters. The Labute approximate surface area is 152 Å². The van der Waals surface area contributed by atoms with E-state index in [1.165, 1.54) is 17.2 Å². The third-order valence-electron chi connectivity index (χ3n) is 4.69. The summed E-state index contributed by atoms with van der Waals surface area (Å²) < 4.78 is 0. The normalized spacial score (nSPS) is 13.8. The first kappa shape index (κ1) is 17.9. The van der Waals surface area contributed by atoms with E-state index in [-0.39, 0.29) is 17.5 Å². The molecule has 1 aromatic heterocycles. The zero-order chi connectivity index (χ0) is 18.7. The van der Waals surface area contributed by atoms with Gasteiger partial charge in [-0.25, -0.2) is 0 Å². The van der Waals surface area contributed by atoms with E-state index in [0.29, 0.717) is 12.1 Å². The first-order chi connectivity index (χ1) is 12.4. The topological polar surface area (TPSA) is 82.3 Å². The van der Waals surface area contributed by atoms with Gasteiger partial charge >= 0.3 is 0 Å². The van der Waals surface area contributed by atoms with E-state index < -0.39 is 11.5 Å². The number of nitrogens with zero attached hydrogens (tertiary/aromatic N) is 1. The third kappa shape index (κ3) is 4.02.